The largest absolute Gasteiger partial charge is 0.489 e. The molecule has 0 saturated carbocycles. The van der Waals surface area contributed by atoms with E-state index in [4.69, 9.17) is 4.74 Å². The molecule has 0 fully saturated rings. The first-order valence-corrected chi connectivity index (χ1v) is 16.5. The third kappa shape index (κ3) is 9.44. The summed E-state index contributed by atoms with van der Waals surface area (Å²) in [5, 5.41) is 2.94. The van der Waals surface area contributed by atoms with E-state index in [-0.39, 0.29) is 18.9 Å². The van der Waals surface area contributed by atoms with Gasteiger partial charge in [0.1, 0.15) is 24.9 Å². The molecule has 230 valence electrons. The summed E-state index contributed by atoms with van der Waals surface area (Å²) >= 11 is 0. The zero-order chi connectivity index (χ0) is 31.4. The third-order valence-corrected chi connectivity index (χ3v) is 8.21. The fourth-order valence-electron chi connectivity index (χ4n) is 4.76. The summed E-state index contributed by atoms with van der Waals surface area (Å²) in [7, 11) is -3.86. The molecular formula is C35H39N3O5S. The SMILES string of the molecule is CCCNC(=O)[C@@H](Cc1ccccc1)N(Cc1ccccc1)C(=O)CN(c1ccc(OCc2ccccc2)cc1)S(C)(=O)=O. The van der Waals surface area contributed by atoms with Gasteiger partial charge in [-0.15, -0.1) is 0 Å². The number of benzene rings is 4. The molecule has 44 heavy (non-hydrogen) atoms. The molecule has 0 aromatic heterocycles. The van der Waals surface area contributed by atoms with Gasteiger partial charge in [0.2, 0.25) is 21.8 Å². The lowest BCUT2D eigenvalue weighted by Crippen LogP contribution is -2.53. The number of carbonyl (C=O) groups excluding carboxylic acids is 2. The van der Waals surface area contributed by atoms with E-state index in [2.05, 4.69) is 5.32 Å². The van der Waals surface area contributed by atoms with Gasteiger partial charge in [-0.2, -0.15) is 0 Å². The predicted molar refractivity (Wildman–Crippen MR) is 174 cm³/mol. The van der Waals surface area contributed by atoms with Crippen LogP contribution in [-0.4, -0.2) is 50.5 Å². The highest BCUT2D eigenvalue weighted by atomic mass is 32.2. The van der Waals surface area contributed by atoms with Crippen molar-refractivity contribution in [3.8, 4) is 5.75 Å². The van der Waals surface area contributed by atoms with Crippen LogP contribution in [0.1, 0.15) is 30.0 Å². The Labute approximate surface area is 260 Å². The Hall–Kier alpha value is -4.63. The van der Waals surface area contributed by atoms with Crippen LogP contribution in [0.25, 0.3) is 0 Å². The van der Waals surface area contributed by atoms with Crippen molar-refractivity contribution in [2.24, 2.45) is 0 Å². The first kappa shape index (κ1) is 32.3. The number of ether oxygens (including phenoxy) is 1. The predicted octanol–water partition coefficient (Wildman–Crippen LogP) is 5.20. The standard InChI is InChI=1S/C35H39N3O5S/c1-3-23-36-35(40)33(24-28-13-7-4-8-14-28)37(25-29-15-9-5-10-16-29)34(39)26-38(44(2,41)42)31-19-21-32(22-20-31)43-27-30-17-11-6-12-18-30/h4-22,33H,3,23-27H2,1-2H3,(H,36,40)/t33-/m1/s1. The molecule has 0 aliphatic carbocycles. The number of nitrogens with one attached hydrogen (secondary N) is 1. The van der Waals surface area contributed by atoms with Crippen molar-refractivity contribution >= 4 is 27.5 Å². The van der Waals surface area contributed by atoms with Gasteiger partial charge in [-0.3, -0.25) is 13.9 Å². The number of hydrogen-bond acceptors (Lipinski definition) is 5. The Bertz CT molecular complexity index is 1580. The van der Waals surface area contributed by atoms with E-state index in [0.29, 0.717) is 24.6 Å². The highest BCUT2D eigenvalue weighted by molar-refractivity contribution is 7.92. The fraction of sp³-hybridized carbons (Fsp3) is 0.257. The maximum absolute atomic E-state index is 14.1. The Morgan fingerprint density at radius 3 is 1.86 bits per heavy atom. The van der Waals surface area contributed by atoms with Gasteiger partial charge >= 0.3 is 0 Å². The second kappa shape index (κ2) is 15.7. The second-order valence-electron chi connectivity index (χ2n) is 10.5. The molecule has 9 heteroatoms. The average Bonchev–Trinajstić information content (AvgIpc) is 3.04. The molecule has 0 aliphatic heterocycles. The number of nitrogens with zero attached hydrogens (tertiary/aromatic N) is 2. The van der Waals surface area contributed by atoms with Crippen molar-refractivity contribution in [2.45, 2.75) is 39.0 Å². The third-order valence-electron chi connectivity index (χ3n) is 7.07. The Morgan fingerprint density at radius 2 is 1.32 bits per heavy atom. The molecule has 1 N–H and O–H groups in total. The molecule has 1 atom stereocenters. The summed E-state index contributed by atoms with van der Waals surface area (Å²) in [6.45, 7) is 2.46. The molecule has 0 spiro atoms. The van der Waals surface area contributed by atoms with E-state index in [1.54, 1.807) is 24.3 Å². The number of anilines is 1. The molecule has 0 saturated heterocycles. The van der Waals surface area contributed by atoms with Crippen LogP contribution in [0.2, 0.25) is 0 Å². The number of rotatable bonds is 15. The van der Waals surface area contributed by atoms with Crippen molar-refractivity contribution in [1.82, 2.24) is 10.2 Å². The normalized spacial score (nSPS) is 11.8. The summed E-state index contributed by atoms with van der Waals surface area (Å²) < 4.78 is 33.0. The molecule has 0 unspecified atom stereocenters. The lowest BCUT2D eigenvalue weighted by Gasteiger charge is -2.33. The molecule has 8 nitrogen and oxygen atoms in total. The van der Waals surface area contributed by atoms with E-state index in [1.165, 1.54) is 4.90 Å². The van der Waals surface area contributed by atoms with E-state index in [0.717, 1.165) is 33.7 Å². The van der Waals surface area contributed by atoms with Crippen molar-refractivity contribution in [1.29, 1.82) is 0 Å². The van der Waals surface area contributed by atoms with Crippen LogP contribution >= 0.6 is 0 Å². The van der Waals surface area contributed by atoms with E-state index >= 15 is 0 Å². The Balaban J connectivity index is 1.61. The van der Waals surface area contributed by atoms with E-state index in [9.17, 15) is 18.0 Å². The number of hydrogen-bond donors (Lipinski definition) is 1. The lowest BCUT2D eigenvalue weighted by atomic mass is 10.0. The van der Waals surface area contributed by atoms with Crippen LogP contribution in [0.3, 0.4) is 0 Å². The van der Waals surface area contributed by atoms with Crippen molar-refractivity contribution in [3.05, 3.63) is 132 Å². The van der Waals surface area contributed by atoms with Gasteiger partial charge < -0.3 is 15.0 Å². The molecule has 0 radical (unpaired) electrons. The molecule has 4 aromatic carbocycles. The van der Waals surface area contributed by atoms with Crippen LogP contribution in [0, 0.1) is 0 Å². The molecule has 2 amide bonds. The quantitative estimate of drug-likeness (QED) is 0.199. The smallest absolute Gasteiger partial charge is 0.244 e. The van der Waals surface area contributed by atoms with Gasteiger partial charge in [0.25, 0.3) is 0 Å². The Morgan fingerprint density at radius 1 is 0.773 bits per heavy atom. The lowest BCUT2D eigenvalue weighted by molar-refractivity contribution is -0.140. The first-order valence-electron chi connectivity index (χ1n) is 14.6. The van der Waals surface area contributed by atoms with Gasteiger partial charge in [-0.25, -0.2) is 8.42 Å². The van der Waals surface area contributed by atoms with E-state index < -0.39 is 28.5 Å². The number of carbonyl (C=O) groups is 2. The maximum atomic E-state index is 14.1. The van der Waals surface area contributed by atoms with Gasteiger partial charge in [-0.1, -0.05) is 97.9 Å². The maximum Gasteiger partial charge on any atom is 0.244 e. The van der Waals surface area contributed by atoms with Gasteiger partial charge in [-0.05, 0) is 47.4 Å². The topological polar surface area (TPSA) is 96.0 Å². The molecule has 0 heterocycles. The summed E-state index contributed by atoms with van der Waals surface area (Å²) in [5.74, 6) is -0.208. The Kier molecular flexibility index (Phi) is 11.5. The fourth-order valence-corrected chi connectivity index (χ4v) is 5.61. The second-order valence-corrected chi connectivity index (χ2v) is 12.4. The summed E-state index contributed by atoms with van der Waals surface area (Å²) in [6.07, 6.45) is 2.08. The highest BCUT2D eigenvalue weighted by Crippen LogP contribution is 2.24. The minimum absolute atomic E-state index is 0.139. The minimum atomic E-state index is -3.86. The van der Waals surface area contributed by atoms with Crippen LogP contribution < -0.4 is 14.4 Å². The van der Waals surface area contributed by atoms with Crippen molar-refractivity contribution in [3.63, 3.8) is 0 Å². The molecule has 4 rings (SSSR count). The zero-order valence-electron chi connectivity index (χ0n) is 25.1. The van der Waals surface area contributed by atoms with Gasteiger partial charge in [0.05, 0.1) is 11.9 Å². The van der Waals surface area contributed by atoms with Gasteiger partial charge in [0, 0.05) is 19.5 Å². The molecule has 0 bridgehead atoms. The monoisotopic (exact) mass is 613 g/mol. The minimum Gasteiger partial charge on any atom is -0.489 e. The van der Waals surface area contributed by atoms with Crippen LogP contribution in [-0.2, 0) is 39.2 Å². The average molecular weight is 614 g/mol. The van der Waals surface area contributed by atoms with Crippen LogP contribution in [0.4, 0.5) is 5.69 Å². The van der Waals surface area contributed by atoms with Crippen molar-refractivity contribution in [2.75, 3.05) is 23.7 Å². The molecule has 4 aromatic rings. The zero-order valence-corrected chi connectivity index (χ0v) is 26.0. The number of sulfonamides is 1. The van der Waals surface area contributed by atoms with Crippen molar-refractivity contribution < 1.29 is 22.7 Å². The highest BCUT2D eigenvalue weighted by Gasteiger charge is 2.32. The van der Waals surface area contributed by atoms with Gasteiger partial charge in [0.15, 0.2) is 0 Å². The summed E-state index contributed by atoms with van der Waals surface area (Å²) in [5.41, 5.74) is 3.04. The number of amides is 2. The molecular weight excluding hydrogens is 574 g/mol. The van der Waals surface area contributed by atoms with Crippen LogP contribution in [0.15, 0.2) is 115 Å². The summed E-state index contributed by atoms with van der Waals surface area (Å²) in [6, 6.07) is 34.3. The van der Waals surface area contributed by atoms with E-state index in [1.807, 2.05) is 97.9 Å². The summed E-state index contributed by atoms with van der Waals surface area (Å²) in [4.78, 5) is 29.2. The first-order chi connectivity index (χ1) is 21.2. The van der Waals surface area contributed by atoms with Crippen LogP contribution in [0.5, 0.6) is 5.75 Å². The molecule has 0 aliphatic rings.